The number of aromatic nitrogens is 2. The number of piperidine rings is 1. The lowest BCUT2D eigenvalue weighted by Crippen LogP contribution is -2.35. The Kier molecular flexibility index (Phi) is 11.7. The zero-order valence-electron chi connectivity index (χ0n) is 23.9. The van der Waals surface area contributed by atoms with Gasteiger partial charge in [0.2, 0.25) is 0 Å². The van der Waals surface area contributed by atoms with Crippen LogP contribution < -0.4 is 9.64 Å². The van der Waals surface area contributed by atoms with Crippen LogP contribution in [0.1, 0.15) is 44.9 Å². The van der Waals surface area contributed by atoms with Gasteiger partial charge < -0.3 is 24.4 Å². The molecule has 1 fully saturated rings. The van der Waals surface area contributed by atoms with E-state index in [4.69, 9.17) is 24.3 Å². The van der Waals surface area contributed by atoms with Crippen molar-refractivity contribution in [3.05, 3.63) is 53.9 Å². The summed E-state index contributed by atoms with van der Waals surface area (Å²) in [5.74, 6) is -3.21. The first-order valence-electron chi connectivity index (χ1n) is 13.6. The number of nitrogens with zero attached hydrogens (tertiary/aromatic N) is 3. The molecular formula is C28H32F5N3O7S. The number of aliphatic carboxylic acids is 1. The molecule has 0 amide bonds. The van der Waals surface area contributed by atoms with E-state index in [9.17, 15) is 30.4 Å². The smallest absolute Gasteiger partial charge is 0.490 e. The molecule has 0 saturated carbocycles. The molecule has 0 unspecified atom stereocenters. The van der Waals surface area contributed by atoms with Crippen LogP contribution in [0, 0.1) is 17.6 Å². The van der Waals surface area contributed by atoms with E-state index in [1.807, 2.05) is 13.8 Å². The number of carbonyl (C=O) groups is 1. The van der Waals surface area contributed by atoms with Gasteiger partial charge in [-0.25, -0.2) is 22.0 Å². The highest BCUT2D eigenvalue weighted by Gasteiger charge is 2.38. The van der Waals surface area contributed by atoms with Gasteiger partial charge in [0.05, 0.1) is 12.4 Å². The minimum atomic E-state index is -5.08. The fourth-order valence-corrected chi connectivity index (χ4v) is 5.55. The van der Waals surface area contributed by atoms with Crippen molar-refractivity contribution in [1.29, 1.82) is 0 Å². The summed E-state index contributed by atoms with van der Waals surface area (Å²) in [6.45, 7) is 5.80. The van der Waals surface area contributed by atoms with E-state index in [1.165, 1.54) is 0 Å². The minimum Gasteiger partial charge on any atom is -0.493 e. The second-order valence-corrected chi connectivity index (χ2v) is 12.4. The normalized spacial score (nSPS) is 14.3. The summed E-state index contributed by atoms with van der Waals surface area (Å²) in [5, 5.41) is 20.0. The summed E-state index contributed by atoms with van der Waals surface area (Å²) < 4.78 is 96.8. The molecule has 0 atom stereocenters. The van der Waals surface area contributed by atoms with Crippen molar-refractivity contribution >= 4 is 21.8 Å². The van der Waals surface area contributed by atoms with E-state index in [1.54, 1.807) is 24.3 Å². The van der Waals surface area contributed by atoms with Crippen LogP contribution in [0.25, 0.3) is 11.1 Å². The van der Waals surface area contributed by atoms with E-state index < -0.39 is 44.3 Å². The third kappa shape index (κ3) is 9.35. The number of carboxylic acids is 1. The van der Waals surface area contributed by atoms with Gasteiger partial charge in [-0.2, -0.15) is 18.2 Å². The van der Waals surface area contributed by atoms with Gasteiger partial charge in [-0.3, -0.25) is 0 Å². The van der Waals surface area contributed by atoms with Crippen molar-refractivity contribution in [1.82, 2.24) is 10.1 Å². The molecule has 1 aliphatic rings. The molecule has 0 radical (unpaired) electrons. The molecular weight excluding hydrogens is 617 g/mol. The van der Waals surface area contributed by atoms with Gasteiger partial charge in [-0.15, -0.1) is 0 Å². The molecule has 0 bridgehead atoms. The van der Waals surface area contributed by atoms with Crippen molar-refractivity contribution in [3.63, 3.8) is 0 Å². The van der Waals surface area contributed by atoms with Gasteiger partial charge in [0.1, 0.15) is 22.3 Å². The van der Waals surface area contributed by atoms with Crippen molar-refractivity contribution in [2.45, 2.75) is 50.1 Å². The zero-order chi connectivity index (χ0) is 32.7. The van der Waals surface area contributed by atoms with Gasteiger partial charge in [0.15, 0.2) is 15.7 Å². The van der Waals surface area contributed by atoms with Gasteiger partial charge in [-0.1, -0.05) is 31.1 Å². The van der Waals surface area contributed by atoms with E-state index in [2.05, 4.69) is 15.0 Å². The molecule has 2 N–H and O–H groups in total. The first-order valence-corrected chi connectivity index (χ1v) is 15.2. The largest absolute Gasteiger partial charge is 0.493 e. The van der Waals surface area contributed by atoms with Gasteiger partial charge in [0, 0.05) is 31.2 Å². The topological polar surface area (TPSA) is 143 Å². The van der Waals surface area contributed by atoms with Crippen LogP contribution in [0.15, 0.2) is 45.8 Å². The second kappa shape index (κ2) is 14.8. The minimum absolute atomic E-state index is 0.0424. The number of halogens is 5. The third-order valence-corrected chi connectivity index (χ3v) is 8.46. The lowest BCUT2D eigenvalue weighted by atomic mass is 9.98. The zero-order valence-corrected chi connectivity index (χ0v) is 24.7. The highest BCUT2D eigenvalue weighted by atomic mass is 32.2. The number of ether oxygens (including phenoxy) is 1. The first-order chi connectivity index (χ1) is 20.6. The average Bonchev–Trinajstić information content (AvgIpc) is 3.47. The van der Waals surface area contributed by atoms with Crippen LogP contribution in [0.5, 0.6) is 5.75 Å². The molecule has 242 valence electrons. The van der Waals surface area contributed by atoms with Crippen molar-refractivity contribution in [2.75, 3.05) is 37.0 Å². The molecule has 44 heavy (non-hydrogen) atoms. The van der Waals surface area contributed by atoms with Crippen LogP contribution in [0.4, 0.5) is 28.0 Å². The van der Waals surface area contributed by atoms with E-state index in [0.717, 1.165) is 32.0 Å². The van der Waals surface area contributed by atoms with Crippen LogP contribution in [-0.4, -0.2) is 73.0 Å². The highest BCUT2D eigenvalue weighted by Crippen LogP contribution is 2.30. The fraction of sp³-hybridized carbons (Fsp3) is 0.464. The van der Waals surface area contributed by atoms with E-state index >= 15 is 0 Å². The average molecular weight is 650 g/mol. The number of anilines is 1. The molecule has 3 aromatic rings. The molecule has 1 aromatic heterocycles. The summed E-state index contributed by atoms with van der Waals surface area (Å²) in [6.07, 6.45) is -3.31. The van der Waals surface area contributed by atoms with Crippen LogP contribution in [0.3, 0.4) is 0 Å². The number of sulfone groups is 1. The fourth-order valence-electron chi connectivity index (χ4n) is 4.18. The van der Waals surface area contributed by atoms with Crippen LogP contribution in [0.2, 0.25) is 0 Å². The molecule has 2 aromatic carbocycles. The lowest BCUT2D eigenvalue weighted by molar-refractivity contribution is -0.192. The number of benzene rings is 2. The van der Waals surface area contributed by atoms with Crippen molar-refractivity contribution in [2.24, 2.45) is 5.92 Å². The SMILES string of the molecule is CC(C)c1noc(N2CCC(COc3ccc(-c4cc(F)c(S(=O)(=O)CCCO)cc4F)cc3)CC2)n1.O=C(O)C(F)(F)F. The molecule has 1 aliphatic heterocycles. The predicted octanol–water partition coefficient (Wildman–Crippen LogP) is 5.22. The number of rotatable bonds is 10. The molecule has 0 spiro atoms. The summed E-state index contributed by atoms with van der Waals surface area (Å²) in [4.78, 5) is 14.7. The van der Waals surface area contributed by atoms with E-state index in [0.29, 0.717) is 41.7 Å². The Hall–Kier alpha value is -3.79. The number of hydrogen-bond acceptors (Lipinski definition) is 9. The quantitative estimate of drug-likeness (QED) is 0.281. The number of aliphatic hydroxyl groups is 1. The Morgan fingerprint density at radius 3 is 2.25 bits per heavy atom. The maximum Gasteiger partial charge on any atom is 0.490 e. The number of hydrogen-bond donors (Lipinski definition) is 2. The maximum atomic E-state index is 14.7. The lowest BCUT2D eigenvalue weighted by Gasteiger charge is -2.30. The van der Waals surface area contributed by atoms with Crippen molar-refractivity contribution in [3.8, 4) is 16.9 Å². The highest BCUT2D eigenvalue weighted by molar-refractivity contribution is 7.91. The summed E-state index contributed by atoms with van der Waals surface area (Å²) >= 11 is 0. The third-order valence-electron chi connectivity index (χ3n) is 6.65. The Morgan fingerprint density at radius 2 is 1.73 bits per heavy atom. The molecule has 0 aliphatic carbocycles. The monoisotopic (exact) mass is 649 g/mol. The first kappa shape index (κ1) is 34.7. The number of carboxylic acid groups (broad SMARTS) is 1. The Labute approximate surface area is 250 Å². The summed E-state index contributed by atoms with van der Waals surface area (Å²) in [7, 11) is -4.03. The molecule has 2 heterocycles. The Balaban J connectivity index is 0.000000676. The van der Waals surface area contributed by atoms with Crippen LogP contribution in [-0.2, 0) is 14.6 Å². The van der Waals surface area contributed by atoms with Crippen LogP contribution >= 0.6 is 0 Å². The Morgan fingerprint density at radius 1 is 1.11 bits per heavy atom. The Bertz CT molecular complexity index is 1500. The maximum absolute atomic E-state index is 14.7. The van der Waals surface area contributed by atoms with Gasteiger partial charge in [-0.05, 0) is 55.0 Å². The van der Waals surface area contributed by atoms with Gasteiger partial charge >= 0.3 is 18.2 Å². The second-order valence-electron chi connectivity index (χ2n) is 10.3. The predicted molar refractivity (Wildman–Crippen MR) is 148 cm³/mol. The number of alkyl halides is 3. The standard InChI is InChI=1S/C26H31F2N3O5S.C2HF3O2/c1-17(2)25-29-26(36-30-25)31-10-8-18(9-11-31)16-35-20-6-4-19(5-7-20)21-14-23(28)24(15-22(21)27)37(33,34)13-3-12-32;3-2(4,5)1(6)7/h4-7,14-15,17-18,32H,3,8-13,16H2,1-2H3;(H,6,7). The van der Waals surface area contributed by atoms with Crippen molar-refractivity contribution < 1.29 is 54.6 Å². The summed E-state index contributed by atoms with van der Waals surface area (Å²) in [6, 6.07) is 8.72. The number of aliphatic hydroxyl groups excluding tert-OH is 1. The molecule has 16 heteroatoms. The molecule has 10 nitrogen and oxygen atoms in total. The van der Waals surface area contributed by atoms with E-state index in [-0.39, 0.29) is 24.5 Å². The van der Waals surface area contributed by atoms with Gasteiger partial charge in [0.25, 0.3) is 0 Å². The molecule has 4 rings (SSSR count). The summed E-state index contributed by atoms with van der Waals surface area (Å²) in [5.41, 5.74) is 0.357. The molecule has 1 saturated heterocycles.